The van der Waals surface area contributed by atoms with Gasteiger partial charge in [0.15, 0.2) is 17.3 Å². The summed E-state index contributed by atoms with van der Waals surface area (Å²) < 4.78 is 20.1. The molecular weight excluding hydrogens is 456 g/mol. The van der Waals surface area contributed by atoms with Crippen LogP contribution in [0.1, 0.15) is 22.8 Å². The Balaban J connectivity index is 1.78. The highest BCUT2D eigenvalue weighted by Gasteiger charge is 2.16. The summed E-state index contributed by atoms with van der Waals surface area (Å²) in [4.78, 5) is 64.1. The summed E-state index contributed by atoms with van der Waals surface area (Å²) in [6, 6.07) is 12.3. The van der Waals surface area contributed by atoms with Crippen LogP contribution in [0, 0.1) is 9.81 Å². The monoisotopic (exact) mass is 476 g/mol. The minimum Gasteiger partial charge on any atom is -0.489 e. The van der Waals surface area contributed by atoms with Gasteiger partial charge in [0.2, 0.25) is 12.9 Å². The first-order chi connectivity index (χ1) is 16.4. The van der Waals surface area contributed by atoms with Crippen LogP contribution in [0.4, 0.5) is 0 Å². The first-order valence-corrected chi connectivity index (χ1v) is 9.68. The second-order valence-electron chi connectivity index (χ2n) is 6.46. The van der Waals surface area contributed by atoms with Crippen molar-refractivity contribution in [2.24, 2.45) is 10.7 Å². The maximum absolute atomic E-state index is 12.2. The van der Waals surface area contributed by atoms with E-state index in [1.165, 1.54) is 19.1 Å². The zero-order valence-corrected chi connectivity index (χ0v) is 17.9. The van der Waals surface area contributed by atoms with Crippen molar-refractivity contribution >= 4 is 17.9 Å². The maximum Gasteiger partial charge on any atom is 0.344 e. The molecule has 0 heterocycles. The molecule has 13 nitrogen and oxygen atoms in total. The third kappa shape index (κ3) is 8.90. The van der Waals surface area contributed by atoms with E-state index in [2.05, 4.69) is 20.4 Å². The summed E-state index contributed by atoms with van der Waals surface area (Å²) in [7, 11) is 0. The lowest BCUT2D eigenvalue weighted by Crippen LogP contribution is -2.24. The van der Waals surface area contributed by atoms with Gasteiger partial charge in [0.25, 0.3) is 0 Å². The molecule has 13 heteroatoms. The van der Waals surface area contributed by atoms with Crippen molar-refractivity contribution in [1.29, 1.82) is 0 Å². The Kier molecular flexibility index (Phi) is 10.4. The van der Waals surface area contributed by atoms with Crippen LogP contribution >= 0.6 is 0 Å². The molecule has 34 heavy (non-hydrogen) atoms. The van der Waals surface area contributed by atoms with E-state index >= 15 is 0 Å². The zero-order valence-electron chi connectivity index (χ0n) is 17.9. The topological polar surface area (TPSA) is 165 Å². The third-order valence-electron chi connectivity index (χ3n) is 3.98. The minimum atomic E-state index is -0.937. The third-order valence-corrected chi connectivity index (χ3v) is 3.98. The van der Waals surface area contributed by atoms with Crippen LogP contribution in [0.25, 0.3) is 0 Å². The van der Waals surface area contributed by atoms with Crippen LogP contribution < -0.4 is 9.47 Å². The molecule has 2 rings (SSSR count). The lowest BCUT2D eigenvalue weighted by Gasteiger charge is -2.13. The molecule has 0 spiro atoms. The number of nitrogens with zero attached hydrogens (tertiary/aromatic N) is 2. The highest BCUT2D eigenvalue weighted by atomic mass is 16.8. The average molecular weight is 476 g/mol. The molecule has 1 unspecified atom stereocenters. The van der Waals surface area contributed by atoms with Gasteiger partial charge in [-0.2, -0.15) is 0 Å². The van der Waals surface area contributed by atoms with Crippen molar-refractivity contribution in [3.05, 3.63) is 69.5 Å². The highest BCUT2D eigenvalue weighted by molar-refractivity contribution is 5.93. The molecule has 0 aliphatic heterocycles. The van der Waals surface area contributed by atoms with Gasteiger partial charge in [-0.15, -0.1) is 9.81 Å². The molecular formula is C21H20N2O11. The first-order valence-electron chi connectivity index (χ1n) is 9.68. The van der Waals surface area contributed by atoms with Crippen LogP contribution in [0.15, 0.2) is 59.2 Å². The van der Waals surface area contributed by atoms with Crippen LogP contribution in [-0.4, -0.2) is 44.0 Å². The molecule has 0 saturated heterocycles. The Morgan fingerprint density at radius 2 is 1.65 bits per heavy atom. The fourth-order valence-electron chi connectivity index (χ4n) is 2.50. The molecule has 0 saturated carbocycles. The number of para-hydroxylation sites is 1. The fourth-order valence-corrected chi connectivity index (χ4v) is 2.50. The molecule has 0 aromatic heterocycles. The SMILES string of the molecule is CC(=O)Oc1ccccc1C(=O)OCOC(=O)Cc1ccc(OCC(CON=O)ON=O)cc1. The Labute approximate surface area is 192 Å². The predicted molar refractivity (Wildman–Crippen MR) is 112 cm³/mol. The Morgan fingerprint density at radius 1 is 0.912 bits per heavy atom. The Hall–Kier alpha value is -4.55. The molecule has 0 radical (unpaired) electrons. The summed E-state index contributed by atoms with van der Waals surface area (Å²) in [5.74, 6) is -1.66. The fraction of sp³-hybridized carbons (Fsp3) is 0.286. The lowest BCUT2D eigenvalue weighted by atomic mass is 10.1. The summed E-state index contributed by atoms with van der Waals surface area (Å²) >= 11 is 0. The lowest BCUT2D eigenvalue weighted by molar-refractivity contribution is -0.151. The number of carbonyl (C=O) groups is 3. The normalized spacial score (nSPS) is 10.9. The van der Waals surface area contributed by atoms with Crippen LogP contribution in [0.3, 0.4) is 0 Å². The molecule has 0 aliphatic rings. The molecule has 0 aliphatic carbocycles. The number of rotatable bonds is 14. The number of hydrogen-bond acceptors (Lipinski definition) is 13. The van der Waals surface area contributed by atoms with Gasteiger partial charge in [-0.1, -0.05) is 24.3 Å². The molecule has 180 valence electrons. The summed E-state index contributed by atoms with van der Waals surface area (Å²) in [6.45, 7) is 0.104. The standard InChI is InChI=1S/C21H20N2O11/c1-14(24)33-19-5-3-2-4-18(19)21(26)31-13-30-20(25)10-15-6-8-16(9-7-15)29-11-17(34-23-28)12-32-22-27/h2-9,17H,10-13H2,1H3. The van der Waals surface area contributed by atoms with E-state index in [4.69, 9.17) is 18.9 Å². The summed E-state index contributed by atoms with van der Waals surface area (Å²) in [5, 5.41) is 4.45. The van der Waals surface area contributed by atoms with E-state index in [9.17, 15) is 24.2 Å². The minimum absolute atomic E-state index is 0.00915. The van der Waals surface area contributed by atoms with Crippen LogP contribution in [0.5, 0.6) is 11.5 Å². The van der Waals surface area contributed by atoms with E-state index in [-0.39, 0.29) is 30.9 Å². The number of esters is 3. The van der Waals surface area contributed by atoms with Crippen molar-refractivity contribution < 1.29 is 43.0 Å². The molecule has 2 aromatic carbocycles. The summed E-state index contributed by atoms with van der Waals surface area (Å²) in [5.41, 5.74) is 0.592. The number of carbonyl (C=O) groups excluding carboxylic acids is 3. The van der Waals surface area contributed by atoms with E-state index < -0.39 is 30.8 Å². The molecule has 0 amide bonds. The van der Waals surface area contributed by atoms with Gasteiger partial charge in [0, 0.05) is 6.92 Å². The van der Waals surface area contributed by atoms with Crippen molar-refractivity contribution in [3.8, 4) is 11.5 Å². The number of hydrogen-bond donors (Lipinski definition) is 0. The van der Waals surface area contributed by atoms with E-state index in [1.54, 1.807) is 36.4 Å². The van der Waals surface area contributed by atoms with Crippen LogP contribution in [-0.2, 0) is 35.2 Å². The molecule has 0 N–H and O–H groups in total. The zero-order chi connectivity index (χ0) is 24.8. The first kappa shape index (κ1) is 25.7. The Morgan fingerprint density at radius 3 is 2.32 bits per heavy atom. The van der Waals surface area contributed by atoms with Gasteiger partial charge in [-0.3, -0.25) is 9.59 Å². The average Bonchev–Trinajstić information content (AvgIpc) is 2.81. The Bertz CT molecular complexity index is 994. The van der Waals surface area contributed by atoms with Gasteiger partial charge in [-0.05, 0) is 29.8 Å². The highest BCUT2D eigenvalue weighted by Crippen LogP contribution is 2.19. The van der Waals surface area contributed by atoms with Gasteiger partial charge < -0.3 is 28.6 Å². The van der Waals surface area contributed by atoms with Crippen molar-refractivity contribution in [2.75, 3.05) is 20.0 Å². The number of benzene rings is 2. The molecule has 0 fully saturated rings. The van der Waals surface area contributed by atoms with E-state index in [0.29, 0.717) is 11.3 Å². The van der Waals surface area contributed by atoms with E-state index in [1.807, 2.05) is 0 Å². The largest absolute Gasteiger partial charge is 0.489 e. The molecule has 2 aromatic rings. The smallest absolute Gasteiger partial charge is 0.344 e. The van der Waals surface area contributed by atoms with Crippen molar-refractivity contribution in [2.45, 2.75) is 19.4 Å². The summed E-state index contributed by atoms with van der Waals surface area (Å²) in [6.07, 6.45) is -1.05. The van der Waals surface area contributed by atoms with Gasteiger partial charge in [0.05, 0.1) is 6.42 Å². The van der Waals surface area contributed by atoms with Crippen molar-refractivity contribution in [3.63, 3.8) is 0 Å². The second kappa shape index (κ2) is 13.8. The van der Waals surface area contributed by atoms with Gasteiger partial charge in [0.1, 0.15) is 23.7 Å². The molecule has 1 atom stereocenters. The van der Waals surface area contributed by atoms with Crippen LogP contribution in [0.2, 0.25) is 0 Å². The van der Waals surface area contributed by atoms with Crippen molar-refractivity contribution in [1.82, 2.24) is 0 Å². The van der Waals surface area contributed by atoms with E-state index in [0.717, 1.165) is 0 Å². The molecule has 0 bridgehead atoms. The second-order valence-corrected chi connectivity index (χ2v) is 6.46. The quantitative estimate of drug-likeness (QED) is 0.129. The van der Waals surface area contributed by atoms with Gasteiger partial charge >= 0.3 is 17.9 Å². The van der Waals surface area contributed by atoms with Gasteiger partial charge in [-0.25, -0.2) is 4.79 Å². The number of ether oxygens (including phenoxy) is 4. The maximum atomic E-state index is 12.2. The predicted octanol–water partition coefficient (Wildman–Crippen LogP) is 2.66.